The molecule has 224 valence electrons. The van der Waals surface area contributed by atoms with Gasteiger partial charge in [0.1, 0.15) is 23.8 Å². The van der Waals surface area contributed by atoms with E-state index in [1.165, 1.54) is 20.9 Å². The molecule has 4 amide bonds. The van der Waals surface area contributed by atoms with Crippen molar-refractivity contribution in [2.45, 2.75) is 31.7 Å². The Morgan fingerprint density at radius 2 is 1.77 bits per heavy atom. The van der Waals surface area contributed by atoms with E-state index in [1.807, 2.05) is 30.3 Å². The first-order valence-electron chi connectivity index (χ1n) is 13.8. The van der Waals surface area contributed by atoms with Crippen LogP contribution in [0, 0.1) is 11.6 Å². The molecular weight excluding hydrogens is 558 g/mol. The summed E-state index contributed by atoms with van der Waals surface area (Å²) < 4.78 is 28.3. The fourth-order valence-electron chi connectivity index (χ4n) is 5.49. The summed E-state index contributed by atoms with van der Waals surface area (Å²) in [4.78, 5) is 44.2. The maximum Gasteiger partial charge on any atom is 0.334 e. The van der Waals surface area contributed by atoms with Crippen LogP contribution >= 0.6 is 0 Å². The minimum atomic E-state index is -1.02. The number of piperazine rings is 1. The molecule has 0 saturated carbocycles. The van der Waals surface area contributed by atoms with Crippen molar-refractivity contribution in [3.05, 3.63) is 114 Å². The predicted molar refractivity (Wildman–Crippen MR) is 154 cm³/mol. The van der Waals surface area contributed by atoms with Gasteiger partial charge in [0, 0.05) is 37.7 Å². The summed E-state index contributed by atoms with van der Waals surface area (Å²) in [7, 11) is 0. The number of carbonyl (C=O) groups is 3. The van der Waals surface area contributed by atoms with E-state index in [2.05, 4.69) is 17.4 Å². The number of hydrogen-bond donors (Lipinski definition) is 3. The minimum Gasteiger partial charge on any atom is -0.333 e. The summed E-state index contributed by atoms with van der Waals surface area (Å²) in [6, 6.07) is 17.7. The van der Waals surface area contributed by atoms with E-state index in [0.717, 1.165) is 17.7 Å². The fourth-order valence-corrected chi connectivity index (χ4v) is 5.49. The van der Waals surface area contributed by atoms with Crippen LogP contribution in [0.25, 0.3) is 0 Å². The number of amides is 4. The Balaban J connectivity index is 1.50. The van der Waals surface area contributed by atoms with E-state index >= 15 is 0 Å². The lowest BCUT2D eigenvalue weighted by atomic mass is 9.98. The third kappa shape index (κ3) is 6.50. The van der Waals surface area contributed by atoms with Crippen molar-refractivity contribution in [2.75, 3.05) is 25.1 Å². The summed E-state index contributed by atoms with van der Waals surface area (Å²) in [6.45, 7) is 3.75. The molecule has 2 heterocycles. The average molecular weight is 591 g/mol. The van der Waals surface area contributed by atoms with Crippen LogP contribution in [0.2, 0.25) is 0 Å². The number of urea groups is 1. The van der Waals surface area contributed by atoms with E-state index in [9.17, 15) is 28.4 Å². The Kier molecular flexibility index (Phi) is 8.98. The Labute approximate surface area is 247 Å². The number of nitrogens with zero attached hydrogens (tertiary/aromatic N) is 4. The fraction of sp³-hybridized carbons (Fsp3) is 0.258. The predicted octanol–water partition coefficient (Wildman–Crippen LogP) is 3.50. The molecule has 0 spiro atoms. The van der Waals surface area contributed by atoms with E-state index < -0.39 is 35.8 Å². The first-order chi connectivity index (χ1) is 20.8. The number of benzene rings is 3. The molecule has 2 saturated heterocycles. The molecule has 10 nitrogen and oxygen atoms in total. The molecule has 3 aromatic rings. The molecule has 0 bridgehead atoms. The Morgan fingerprint density at radius 1 is 1.02 bits per heavy atom. The zero-order valence-corrected chi connectivity index (χ0v) is 23.3. The van der Waals surface area contributed by atoms with Crippen LogP contribution in [0.3, 0.4) is 0 Å². The second-order valence-electron chi connectivity index (χ2n) is 10.4. The normalized spacial score (nSPS) is 18.8. The standard InChI is InChI=1S/C31H32F2N6O4/c1-2-14-37-20-29(40)38-27(15-21-8-12-25(35-43)13-9-21)30(41)36(18-23-10-11-24(32)16-26(23)33)19-28(38)39(37)31(42)34-17-22-6-4-3-5-7-22/h2-13,16,27-28,35,43H,1,14-15,17-20H2,(H,34,42)/t27-,28-/m0/s1. The van der Waals surface area contributed by atoms with Gasteiger partial charge in [-0.1, -0.05) is 54.6 Å². The zero-order valence-electron chi connectivity index (χ0n) is 23.3. The van der Waals surface area contributed by atoms with Crippen molar-refractivity contribution in [1.29, 1.82) is 0 Å². The maximum atomic E-state index is 14.7. The summed E-state index contributed by atoms with van der Waals surface area (Å²) in [5.41, 5.74) is 4.18. The number of carbonyl (C=O) groups excluding carboxylic acids is 3. The third-order valence-electron chi connectivity index (χ3n) is 7.55. The summed E-state index contributed by atoms with van der Waals surface area (Å²) >= 11 is 0. The highest BCUT2D eigenvalue weighted by Gasteiger charge is 2.51. The van der Waals surface area contributed by atoms with Gasteiger partial charge in [-0.15, -0.1) is 6.58 Å². The number of fused-ring (bicyclic) bond motifs is 1. The van der Waals surface area contributed by atoms with Gasteiger partial charge in [0.15, 0.2) is 0 Å². The van der Waals surface area contributed by atoms with Gasteiger partial charge in [-0.05, 0) is 29.3 Å². The van der Waals surface area contributed by atoms with Crippen molar-refractivity contribution in [3.8, 4) is 0 Å². The van der Waals surface area contributed by atoms with Crippen LogP contribution in [0.5, 0.6) is 0 Å². The first-order valence-corrected chi connectivity index (χ1v) is 13.8. The molecule has 0 aromatic heterocycles. The topological polar surface area (TPSA) is 108 Å². The number of nitrogens with one attached hydrogen (secondary N) is 2. The van der Waals surface area contributed by atoms with Gasteiger partial charge in [-0.25, -0.2) is 23.6 Å². The lowest BCUT2D eigenvalue weighted by Gasteiger charge is -2.55. The second kappa shape index (κ2) is 13.0. The maximum absolute atomic E-state index is 14.7. The number of halogens is 2. The highest BCUT2D eigenvalue weighted by atomic mass is 19.1. The smallest absolute Gasteiger partial charge is 0.333 e. The van der Waals surface area contributed by atoms with Gasteiger partial charge >= 0.3 is 6.03 Å². The molecular formula is C31H32F2N6O4. The van der Waals surface area contributed by atoms with Crippen molar-refractivity contribution >= 4 is 23.5 Å². The molecule has 3 aromatic carbocycles. The first kappa shape index (κ1) is 29.7. The van der Waals surface area contributed by atoms with E-state index in [1.54, 1.807) is 35.4 Å². The van der Waals surface area contributed by atoms with Crippen LogP contribution in [0.4, 0.5) is 19.3 Å². The van der Waals surface area contributed by atoms with E-state index in [4.69, 9.17) is 0 Å². The number of anilines is 1. The lowest BCUT2D eigenvalue weighted by Crippen LogP contribution is -2.76. The lowest BCUT2D eigenvalue weighted by molar-refractivity contribution is -0.189. The van der Waals surface area contributed by atoms with Crippen LogP contribution in [0.1, 0.15) is 16.7 Å². The van der Waals surface area contributed by atoms with Crippen molar-refractivity contribution < 1.29 is 28.4 Å². The van der Waals surface area contributed by atoms with Crippen molar-refractivity contribution in [1.82, 2.24) is 25.1 Å². The molecule has 12 heteroatoms. The van der Waals surface area contributed by atoms with Crippen molar-refractivity contribution in [2.24, 2.45) is 0 Å². The quantitative estimate of drug-likeness (QED) is 0.260. The number of hydrogen-bond acceptors (Lipinski definition) is 6. The Morgan fingerprint density at radius 3 is 2.44 bits per heavy atom. The molecule has 2 aliphatic heterocycles. The highest BCUT2D eigenvalue weighted by molar-refractivity contribution is 5.91. The van der Waals surface area contributed by atoms with Crippen LogP contribution in [-0.2, 0) is 29.1 Å². The van der Waals surface area contributed by atoms with Gasteiger partial charge < -0.3 is 15.1 Å². The second-order valence-corrected chi connectivity index (χ2v) is 10.4. The molecule has 2 aliphatic rings. The summed E-state index contributed by atoms with van der Waals surface area (Å²) in [5, 5.41) is 15.1. The van der Waals surface area contributed by atoms with Gasteiger partial charge in [-0.3, -0.25) is 20.3 Å². The number of hydrazine groups is 1. The average Bonchev–Trinajstić information content (AvgIpc) is 3.00. The van der Waals surface area contributed by atoms with Crippen molar-refractivity contribution in [3.63, 3.8) is 0 Å². The molecule has 2 fully saturated rings. The van der Waals surface area contributed by atoms with E-state index in [0.29, 0.717) is 11.3 Å². The zero-order chi connectivity index (χ0) is 30.5. The minimum absolute atomic E-state index is 0.0995. The molecule has 0 radical (unpaired) electrons. The molecule has 3 N–H and O–H groups in total. The number of rotatable bonds is 9. The van der Waals surface area contributed by atoms with Gasteiger partial charge in [0.25, 0.3) is 0 Å². The molecule has 0 aliphatic carbocycles. The molecule has 0 unspecified atom stereocenters. The summed E-state index contributed by atoms with van der Waals surface area (Å²) in [6.07, 6.45) is 0.770. The molecule has 43 heavy (non-hydrogen) atoms. The summed E-state index contributed by atoms with van der Waals surface area (Å²) in [5.74, 6) is -2.32. The van der Waals surface area contributed by atoms with Crippen LogP contribution in [-0.4, -0.2) is 74.7 Å². The monoisotopic (exact) mass is 590 g/mol. The van der Waals surface area contributed by atoms with Gasteiger partial charge in [0.05, 0.1) is 18.8 Å². The largest absolute Gasteiger partial charge is 0.334 e. The van der Waals surface area contributed by atoms with Gasteiger partial charge in [-0.2, -0.15) is 0 Å². The molecule has 2 atom stereocenters. The van der Waals surface area contributed by atoms with Crippen LogP contribution in [0.15, 0.2) is 85.5 Å². The van der Waals surface area contributed by atoms with Gasteiger partial charge in [0.2, 0.25) is 11.8 Å². The highest BCUT2D eigenvalue weighted by Crippen LogP contribution is 2.30. The third-order valence-corrected chi connectivity index (χ3v) is 7.55. The molecule has 5 rings (SSSR count). The Bertz CT molecular complexity index is 1490. The Hall–Kier alpha value is -4.81. The van der Waals surface area contributed by atoms with Crippen LogP contribution < -0.4 is 10.8 Å². The van der Waals surface area contributed by atoms with E-state index in [-0.39, 0.29) is 50.6 Å². The SMILES string of the molecule is C=CCN1CC(=O)N2[C@@H](Cc3ccc(NO)cc3)C(=O)N(Cc3ccc(F)cc3F)C[C@@H]2N1C(=O)NCc1ccccc1.